The molecule has 230 valence electrons. The minimum atomic E-state index is -0.382. The van der Waals surface area contributed by atoms with Gasteiger partial charge in [0.1, 0.15) is 0 Å². The second-order valence-corrected chi connectivity index (χ2v) is 13.6. The summed E-state index contributed by atoms with van der Waals surface area (Å²) in [5.41, 5.74) is 5.10. The van der Waals surface area contributed by atoms with Crippen LogP contribution in [0.15, 0.2) is 78.9 Å². The van der Waals surface area contributed by atoms with Gasteiger partial charge >= 0.3 is 7.12 Å². The molecular formula is C37H49BO5. The largest absolute Gasteiger partial charge is 0.494 e. The Labute approximate surface area is 259 Å². The maximum absolute atomic E-state index is 6.96. The minimum absolute atomic E-state index is 0.0212. The van der Waals surface area contributed by atoms with Gasteiger partial charge in [0.2, 0.25) is 0 Å². The molecule has 3 aromatic rings. The summed E-state index contributed by atoms with van der Waals surface area (Å²) in [6.07, 6.45) is -0.202. The van der Waals surface area contributed by atoms with Gasteiger partial charge in [0, 0.05) is 5.92 Å². The first-order valence-corrected chi connectivity index (χ1v) is 15.9. The molecule has 3 unspecified atom stereocenters. The molecule has 0 saturated carbocycles. The summed E-state index contributed by atoms with van der Waals surface area (Å²) in [7, 11) is -0.382. The Morgan fingerprint density at radius 1 is 0.791 bits per heavy atom. The molecule has 6 atom stereocenters. The molecule has 2 fully saturated rings. The van der Waals surface area contributed by atoms with Gasteiger partial charge in [-0.3, -0.25) is 0 Å². The lowest BCUT2D eigenvalue weighted by Crippen LogP contribution is -2.53. The Morgan fingerprint density at radius 3 is 1.95 bits per heavy atom. The van der Waals surface area contributed by atoms with Crippen LogP contribution in [0.1, 0.15) is 76.6 Å². The maximum atomic E-state index is 6.96. The number of benzene rings is 3. The van der Waals surface area contributed by atoms with Crippen molar-refractivity contribution < 1.29 is 23.5 Å². The summed E-state index contributed by atoms with van der Waals surface area (Å²) in [4.78, 5) is 0. The van der Waals surface area contributed by atoms with Crippen molar-refractivity contribution in [3.8, 4) is 0 Å². The first-order chi connectivity index (χ1) is 20.5. The molecular weight excluding hydrogens is 535 g/mol. The molecule has 0 amide bonds. The molecule has 43 heavy (non-hydrogen) atoms. The van der Waals surface area contributed by atoms with Crippen molar-refractivity contribution in [3.05, 3.63) is 101 Å². The molecule has 5 nitrogen and oxygen atoms in total. The average Bonchev–Trinajstić information content (AvgIpc) is 3.21. The van der Waals surface area contributed by atoms with E-state index in [4.69, 9.17) is 23.5 Å². The highest BCUT2D eigenvalue weighted by Gasteiger charge is 2.52. The van der Waals surface area contributed by atoms with Crippen molar-refractivity contribution in [2.75, 3.05) is 6.61 Å². The van der Waals surface area contributed by atoms with Gasteiger partial charge in [-0.15, -0.1) is 0 Å². The summed E-state index contributed by atoms with van der Waals surface area (Å²) >= 11 is 0. The zero-order chi connectivity index (χ0) is 30.8. The Morgan fingerprint density at radius 2 is 1.37 bits per heavy atom. The Bertz CT molecular complexity index is 1310. The van der Waals surface area contributed by atoms with E-state index in [1.165, 1.54) is 22.3 Å². The zero-order valence-electron chi connectivity index (χ0n) is 27.2. The number of ether oxygens (including phenoxy) is 3. The number of aryl methyl sites for hydroxylation is 1. The molecule has 0 radical (unpaired) electrons. The maximum Gasteiger partial charge on any atom is 0.494 e. The van der Waals surface area contributed by atoms with Crippen LogP contribution in [0.3, 0.4) is 0 Å². The van der Waals surface area contributed by atoms with Gasteiger partial charge in [-0.05, 0) is 74.2 Å². The standard InChI is InChI=1S/C37H49BO5/c1-25-21-31(38-42-36(5,6)37(7,8)43-38)19-20-32(25)28(4)35-34(40-23-30-17-13-10-14-18-30)27(3)26(2)33(41-35)24-39-22-29-15-11-9-12-16-29/h9-21,26-28,33-35H,22-24H2,1-8H3/t26-,27-,28?,33?,34?,35+/m0/s1. The summed E-state index contributed by atoms with van der Waals surface area (Å²) < 4.78 is 32.6. The fourth-order valence-electron chi connectivity index (χ4n) is 6.33. The quantitative estimate of drug-likeness (QED) is 0.235. The molecule has 2 aliphatic heterocycles. The van der Waals surface area contributed by atoms with Crippen molar-refractivity contribution in [1.29, 1.82) is 0 Å². The first kappa shape index (κ1) is 31.9. The molecule has 5 rings (SSSR count). The third-order valence-corrected chi connectivity index (χ3v) is 10.1. The molecule has 6 heteroatoms. The van der Waals surface area contributed by atoms with Crippen LogP contribution in [-0.2, 0) is 36.7 Å². The third-order valence-electron chi connectivity index (χ3n) is 10.1. The van der Waals surface area contributed by atoms with E-state index in [9.17, 15) is 0 Å². The molecule has 2 heterocycles. The van der Waals surface area contributed by atoms with Gasteiger partial charge in [0.05, 0.1) is 49.3 Å². The van der Waals surface area contributed by atoms with Crippen molar-refractivity contribution in [2.24, 2.45) is 11.8 Å². The Hall–Kier alpha value is -2.48. The second-order valence-electron chi connectivity index (χ2n) is 13.6. The van der Waals surface area contributed by atoms with Gasteiger partial charge < -0.3 is 23.5 Å². The molecule has 0 N–H and O–H groups in total. The summed E-state index contributed by atoms with van der Waals surface area (Å²) in [6, 6.07) is 27.3. The predicted molar refractivity (Wildman–Crippen MR) is 173 cm³/mol. The highest BCUT2D eigenvalue weighted by atomic mass is 16.7. The lowest BCUT2D eigenvalue weighted by atomic mass is 9.74. The monoisotopic (exact) mass is 584 g/mol. The molecule has 3 aromatic carbocycles. The second kappa shape index (κ2) is 13.3. The van der Waals surface area contributed by atoms with Crippen molar-refractivity contribution >= 4 is 12.6 Å². The summed E-state index contributed by atoms with van der Waals surface area (Å²) in [5.74, 6) is 0.686. The van der Waals surface area contributed by atoms with E-state index in [1.807, 2.05) is 24.3 Å². The lowest BCUT2D eigenvalue weighted by molar-refractivity contribution is -0.209. The Kier molecular flexibility index (Phi) is 9.84. The van der Waals surface area contributed by atoms with Crippen molar-refractivity contribution in [3.63, 3.8) is 0 Å². The van der Waals surface area contributed by atoms with Crippen LogP contribution >= 0.6 is 0 Å². The number of hydrogen-bond acceptors (Lipinski definition) is 5. The topological polar surface area (TPSA) is 46.2 Å². The molecule has 0 bridgehead atoms. The van der Waals surface area contributed by atoms with E-state index in [1.54, 1.807) is 0 Å². The molecule has 2 saturated heterocycles. The van der Waals surface area contributed by atoms with Crippen molar-refractivity contribution in [1.82, 2.24) is 0 Å². The summed E-state index contributed by atoms with van der Waals surface area (Å²) in [6.45, 7) is 19.1. The highest BCUT2D eigenvalue weighted by Crippen LogP contribution is 2.40. The average molecular weight is 585 g/mol. The first-order valence-electron chi connectivity index (χ1n) is 15.9. The van der Waals surface area contributed by atoms with Gasteiger partial charge in [0.15, 0.2) is 0 Å². The zero-order valence-corrected chi connectivity index (χ0v) is 27.2. The predicted octanol–water partition coefficient (Wildman–Crippen LogP) is 7.24. The van der Waals surface area contributed by atoms with Crippen LogP contribution in [0.25, 0.3) is 0 Å². The van der Waals surface area contributed by atoms with E-state index < -0.39 is 0 Å². The van der Waals surface area contributed by atoms with Crippen LogP contribution in [0, 0.1) is 18.8 Å². The van der Waals surface area contributed by atoms with Gasteiger partial charge in [0.25, 0.3) is 0 Å². The van der Waals surface area contributed by atoms with E-state index in [-0.39, 0.29) is 48.5 Å². The van der Waals surface area contributed by atoms with E-state index in [2.05, 4.69) is 110 Å². The smallest absolute Gasteiger partial charge is 0.399 e. The molecule has 0 aliphatic carbocycles. The molecule has 0 aromatic heterocycles. The lowest BCUT2D eigenvalue weighted by Gasteiger charge is -2.47. The minimum Gasteiger partial charge on any atom is -0.399 e. The van der Waals surface area contributed by atoms with Crippen LogP contribution < -0.4 is 5.46 Å². The van der Waals surface area contributed by atoms with E-state index >= 15 is 0 Å². The third kappa shape index (κ3) is 7.10. The SMILES string of the molecule is Cc1cc(B2OC(C)(C)C(C)(C)O2)ccc1C(C)[C@H]1OC(COCc2ccccc2)[C@@H](C)[C@H](C)C1OCc1ccccc1. The van der Waals surface area contributed by atoms with Gasteiger partial charge in [-0.1, -0.05) is 99.6 Å². The fourth-order valence-corrected chi connectivity index (χ4v) is 6.33. The van der Waals surface area contributed by atoms with Crippen LogP contribution in [0.4, 0.5) is 0 Å². The molecule has 0 spiro atoms. The fraction of sp³-hybridized carbons (Fsp3) is 0.514. The van der Waals surface area contributed by atoms with Crippen LogP contribution in [-0.4, -0.2) is 43.2 Å². The van der Waals surface area contributed by atoms with E-state index in [0.29, 0.717) is 25.7 Å². The number of hydrogen-bond donors (Lipinski definition) is 0. The summed E-state index contributed by atoms with van der Waals surface area (Å²) in [5, 5.41) is 0. The normalized spacial score (nSPS) is 27.3. The number of rotatable bonds is 10. The van der Waals surface area contributed by atoms with Crippen LogP contribution in [0.5, 0.6) is 0 Å². The molecule has 2 aliphatic rings. The van der Waals surface area contributed by atoms with Gasteiger partial charge in [-0.25, -0.2) is 0 Å². The van der Waals surface area contributed by atoms with E-state index in [0.717, 1.165) is 5.46 Å². The highest BCUT2D eigenvalue weighted by molar-refractivity contribution is 6.62. The van der Waals surface area contributed by atoms with Gasteiger partial charge in [-0.2, -0.15) is 0 Å². The van der Waals surface area contributed by atoms with Crippen LogP contribution in [0.2, 0.25) is 0 Å². The Balaban J connectivity index is 1.35. The van der Waals surface area contributed by atoms with Crippen molar-refractivity contribution in [2.45, 2.75) is 104 Å².